The van der Waals surface area contributed by atoms with E-state index >= 15 is 0 Å². The molecule has 2 N–H and O–H groups in total. The Balaban J connectivity index is 1.48. The van der Waals surface area contributed by atoms with E-state index in [1.54, 1.807) is 18.3 Å². The Hall–Kier alpha value is -3.46. The van der Waals surface area contributed by atoms with Crippen LogP contribution in [0.5, 0.6) is 11.6 Å². The van der Waals surface area contributed by atoms with Crippen molar-refractivity contribution in [3.05, 3.63) is 87.2 Å². The maximum absolute atomic E-state index is 12.8. The largest absolute Gasteiger partial charge is 0.436 e. The number of aliphatic hydroxyl groups excluding tert-OH is 1. The van der Waals surface area contributed by atoms with Gasteiger partial charge in [0.05, 0.1) is 23.6 Å². The van der Waals surface area contributed by atoms with Crippen molar-refractivity contribution in [3.63, 3.8) is 0 Å². The number of ether oxygens (including phenoxy) is 1. The van der Waals surface area contributed by atoms with Crippen LogP contribution in [0.2, 0.25) is 5.02 Å². The minimum atomic E-state index is -0.154. The van der Waals surface area contributed by atoms with Crippen molar-refractivity contribution < 1.29 is 14.6 Å². The summed E-state index contributed by atoms with van der Waals surface area (Å²) in [7, 11) is 0. The number of carbonyl (C=O) groups is 1. The van der Waals surface area contributed by atoms with E-state index in [0.717, 1.165) is 33.5 Å². The van der Waals surface area contributed by atoms with Gasteiger partial charge >= 0.3 is 0 Å². The average molecular weight is 533 g/mol. The molecule has 1 amide bonds. The summed E-state index contributed by atoms with van der Waals surface area (Å²) in [4.78, 5) is 26.7. The topological polar surface area (TPSA) is 97.2 Å². The quantitative estimate of drug-likeness (QED) is 0.203. The van der Waals surface area contributed by atoms with E-state index in [4.69, 9.17) is 26.3 Å². The van der Waals surface area contributed by atoms with Crippen molar-refractivity contribution in [2.75, 3.05) is 11.1 Å². The Morgan fingerprint density at radius 2 is 1.81 bits per heavy atom. The fraction of sp³-hybridized carbons (Fsp3) is 0.214. The fourth-order valence-electron chi connectivity index (χ4n) is 4.32. The molecule has 37 heavy (non-hydrogen) atoms. The molecule has 0 spiro atoms. The molecular formula is C28H25ClN4O3S. The van der Waals surface area contributed by atoms with Crippen molar-refractivity contribution in [3.8, 4) is 23.0 Å². The Morgan fingerprint density at radius 3 is 2.51 bits per heavy atom. The summed E-state index contributed by atoms with van der Waals surface area (Å²) in [5, 5.41) is 14.1. The lowest BCUT2D eigenvalue weighted by Crippen LogP contribution is -2.16. The number of halogens is 1. The molecule has 0 unspecified atom stereocenters. The van der Waals surface area contributed by atoms with Crippen molar-refractivity contribution in [1.82, 2.24) is 15.0 Å². The van der Waals surface area contributed by atoms with Crippen LogP contribution < -0.4 is 10.1 Å². The third-order valence-corrected chi connectivity index (χ3v) is 7.28. The molecule has 0 radical (unpaired) electrons. The number of aliphatic hydroxyl groups is 1. The molecule has 1 aliphatic rings. The number of rotatable bonds is 6. The number of hydrogen-bond donors (Lipinski definition) is 2. The van der Waals surface area contributed by atoms with Crippen molar-refractivity contribution in [2.45, 2.75) is 38.8 Å². The maximum Gasteiger partial charge on any atom is 0.234 e. The van der Waals surface area contributed by atoms with Crippen LogP contribution >= 0.6 is 23.4 Å². The molecule has 3 heterocycles. The van der Waals surface area contributed by atoms with E-state index in [1.807, 2.05) is 45.0 Å². The molecule has 0 bridgehead atoms. The first-order chi connectivity index (χ1) is 17.8. The molecule has 2 aromatic heterocycles. The number of amides is 1. The van der Waals surface area contributed by atoms with Gasteiger partial charge in [0.15, 0.2) is 11.6 Å². The number of thioether (sulfide) groups is 1. The molecule has 0 aliphatic carbocycles. The van der Waals surface area contributed by atoms with E-state index in [2.05, 4.69) is 16.4 Å². The lowest BCUT2D eigenvalue weighted by molar-refractivity contribution is -0.113. The van der Waals surface area contributed by atoms with E-state index in [1.165, 1.54) is 11.8 Å². The van der Waals surface area contributed by atoms with Gasteiger partial charge in [0, 0.05) is 40.0 Å². The molecule has 7 nitrogen and oxygen atoms in total. The number of aryl methyl sites for hydroxylation is 3. The first-order valence-electron chi connectivity index (χ1n) is 11.7. The molecule has 0 saturated heterocycles. The predicted octanol–water partition coefficient (Wildman–Crippen LogP) is 6.04. The van der Waals surface area contributed by atoms with Gasteiger partial charge in [-0.15, -0.1) is 0 Å². The number of nitrogens with zero attached hydrogens (tertiary/aromatic N) is 3. The highest BCUT2D eigenvalue weighted by Crippen LogP contribution is 2.42. The molecule has 188 valence electrons. The molecule has 1 aliphatic heterocycles. The Morgan fingerprint density at radius 1 is 1.08 bits per heavy atom. The van der Waals surface area contributed by atoms with Crippen LogP contribution in [0.1, 0.15) is 33.5 Å². The standard InChI is InChI=1S/C28H25ClN4O3S/c1-15-8-16(2)10-21(9-15)31-24(35)14-37-28-23-11-22-19(13-34)12-30-17(3)25(22)36-27(23)32-26(33-28)18-4-6-20(29)7-5-18/h4-10,12,34H,11,13-14H2,1-3H3,(H,31,35). The zero-order chi connectivity index (χ0) is 26.1. The predicted molar refractivity (Wildman–Crippen MR) is 146 cm³/mol. The monoisotopic (exact) mass is 532 g/mol. The van der Waals surface area contributed by atoms with E-state index < -0.39 is 0 Å². The highest BCUT2D eigenvalue weighted by molar-refractivity contribution is 8.00. The van der Waals surface area contributed by atoms with Crippen LogP contribution in [0.15, 0.2) is 53.7 Å². The minimum Gasteiger partial charge on any atom is -0.436 e. The number of fused-ring (bicyclic) bond motifs is 2. The van der Waals surface area contributed by atoms with E-state index in [-0.39, 0.29) is 18.3 Å². The van der Waals surface area contributed by atoms with E-state index in [0.29, 0.717) is 45.2 Å². The number of pyridine rings is 1. The minimum absolute atomic E-state index is 0.136. The summed E-state index contributed by atoms with van der Waals surface area (Å²) in [6, 6.07) is 13.2. The zero-order valence-electron chi connectivity index (χ0n) is 20.6. The molecule has 4 aromatic rings. The first-order valence-corrected chi connectivity index (χ1v) is 13.1. The zero-order valence-corrected chi connectivity index (χ0v) is 22.2. The summed E-state index contributed by atoms with van der Waals surface area (Å²) >= 11 is 7.40. The molecule has 0 atom stereocenters. The van der Waals surface area contributed by atoms with Crippen LogP contribution in [0.4, 0.5) is 5.69 Å². The van der Waals surface area contributed by atoms with Crippen LogP contribution in [0, 0.1) is 20.8 Å². The molecule has 5 rings (SSSR count). The fourth-order valence-corrected chi connectivity index (χ4v) is 5.27. The highest BCUT2D eigenvalue weighted by atomic mass is 35.5. The van der Waals surface area contributed by atoms with Crippen LogP contribution in [0.25, 0.3) is 11.4 Å². The van der Waals surface area contributed by atoms with Crippen molar-refractivity contribution >= 4 is 35.0 Å². The van der Waals surface area contributed by atoms with Crippen molar-refractivity contribution in [2.24, 2.45) is 0 Å². The molecule has 0 saturated carbocycles. The van der Waals surface area contributed by atoms with Crippen LogP contribution in [0.3, 0.4) is 0 Å². The second-order valence-corrected chi connectivity index (χ2v) is 10.4. The Labute approximate surface area is 224 Å². The van der Waals surface area contributed by atoms with Gasteiger partial charge in [-0.1, -0.05) is 29.4 Å². The van der Waals surface area contributed by atoms with Gasteiger partial charge in [-0.2, -0.15) is 4.98 Å². The molecular weight excluding hydrogens is 508 g/mol. The highest BCUT2D eigenvalue weighted by Gasteiger charge is 2.28. The van der Waals surface area contributed by atoms with Gasteiger partial charge in [0.1, 0.15) is 5.03 Å². The Kier molecular flexibility index (Phi) is 7.15. The van der Waals surface area contributed by atoms with Gasteiger partial charge in [-0.3, -0.25) is 9.78 Å². The van der Waals surface area contributed by atoms with Gasteiger partial charge < -0.3 is 15.2 Å². The lowest BCUT2D eigenvalue weighted by Gasteiger charge is -2.24. The maximum atomic E-state index is 12.8. The van der Waals surface area contributed by atoms with Gasteiger partial charge in [0.25, 0.3) is 0 Å². The SMILES string of the molecule is Cc1cc(C)cc(NC(=O)CSc2nc(-c3ccc(Cl)cc3)nc3c2Cc2c(CO)cnc(C)c2O3)c1. The number of anilines is 1. The summed E-state index contributed by atoms with van der Waals surface area (Å²) in [5.74, 6) is 1.52. The smallest absolute Gasteiger partial charge is 0.234 e. The van der Waals surface area contributed by atoms with Gasteiger partial charge in [0.2, 0.25) is 11.8 Å². The normalized spacial score (nSPS) is 11.9. The summed E-state index contributed by atoms with van der Waals surface area (Å²) in [6.07, 6.45) is 2.13. The number of nitrogens with one attached hydrogen (secondary N) is 1. The lowest BCUT2D eigenvalue weighted by atomic mass is 9.99. The first kappa shape index (κ1) is 25.2. The molecule has 2 aromatic carbocycles. The third-order valence-electron chi connectivity index (χ3n) is 6.01. The van der Waals surface area contributed by atoms with E-state index in [9.17, 15) is 9.90 Å². The molecule has 9 heteroatoms. The van der Waals surface area contributed by atoms with Crippen LogP contribution in [-0.4, -0.2) is 31.7 Å². The third kappa shape index (κ3) is 5.46. The van der Waals surface area contributed by atoms with Crippen molar-refractivity contribution in [1.29, 1.82) is 0 Å². The summed E-state index contributed by atoms with van der Waals surface area (Å²) in [5.41, 5.74) is 6.75. The van der Waals surface area contributed by atoms with Gasteiger partial charge in [-0.05, 0) is 68.3 Å². The second-order valence-electron chi connectivity index (χ2n) is 8.97. The average Bonchev–Trinajstić information content (AvgIpc) is 2.86. The van der Waals surface area contributed by atoms with Crippen LogP contribution in [-0.2, 0) is 17.8 Å². The Bertz CT molecular complexity index is 1490. The number of hydrogen-bond acceptors (Lipinski definition) is 7. The van der Waals surface area contributed by atoms with Gasteiger partial charge in [-0.25, -0.2) is 4.98 Å². The summed E-state index contributed by atoms with van der Waals surface area (Å²) in [6.45, 7) is 5.70. The summed E-state index contributed by atoms with van der Waals surface area (Å²) < 4.78 is 6.24. The number of aromatic nitrogens is 3. The molecule has 0 fully saturated rings. The number of carbonyl (C=O) groups excluding carboxylic acids is 1. The second kappa shape index (κ2) is 10.5. The number of benzene rings is 2.